The molecular formula is C14H13N3O2. The first kappa shape index (κ1) is 11.4. The van der Waals surface area contributed by atoms with Gasteiger partial charge in [-0.3, -0.25) is 0 Å². The van der Waals surface area contributed by atoms with Crippen molar-refractivity contribution in [2.45, 2.75) is 6.61 Å². The van der Waals surface area contributed by atoms with Crippen molar-refractivity contribution in [2.75, 3.05) is 5.73 Å². The Labute approximate surface area is 109 Å². The van der Waals surface area contributed by atoms with Gasteiger partial charge in [0.1, 0.15) is 24.2 Å². The molecule has 0 saturated heterocycles. The molecule has 0 aliphatic heterocycles. The van der Waals surface area contributed by atoms with E-state index in [2.05, 4.69) is 4.98 Å². The maximum absolute atomic E-state index is 9.52. The van der Waals surface area contributed by atoms with Gasteiger partial charge in [-0.15, -0.1) is 0 Å². The van der Waals surface area contributed by atoms with Crippen molar-refractivity contribution in [1.82, 2.24) is 9.71 Å². The summed E-state index contributed by atoms with van der Waals surface area (Å²) in [6.45, 7) is 0.438. The molecule has 0 atom stereocenters. The largest absolute Gasteiger partial charge is 0.506 e. The minimum atomic E-state index is 0.0285. The zero-order valence-corrected chi connectivity index (χ0v) is 10.2. The van der Waals surface area contributed by atoms with Crippen LogP contribution in [0.2, 0.25) is 0 Å². The number of rotatable bonds is 3. The number of benzene rings is 2. The predicted octanol–water partition coefficient (Wildman–Crippen LogP) is 1.95. The lowest BCUT2D eigenvalue weighted by molar-refractivity contribution is 0.106. The fraction of sp³-hybridized carbons (Fsp3) is 0.0714. The fourth-order valence-electron chi connectivity index (χ4n) is 1.86. The SMILES string of the molecule is Nc1cc2c(cc1O)ncn2OCc1ccccc1. The lowest BCUT2D eigenvalue weighted by Gasteiger charge is -2.07. The summed E-state index contributed by atoms with van der Waals surface area (Å²) >= 11 is 0. The summed E-state index contributed by atoms with van der Waals surface area (Å²) in [7, 11) is 0. The molecule has 1 heterocycles. The van der Waals surface area contributed by atoms with Gasteiger partial charge in [-0.1, -0.05) is 30.3 Å². The molecule has 0 amide bonds. The molecule has 5 nitrogen and oxygen atoms in total. The number of aromatic nitrogens is 2. The van der Waals surface area contributed by atoms with Crippen LogP contribution in [-0.2, 0) is 6.61 Å². The number of phenolic OH excluding ortho intramolecular Hbond substituents is 1. The predicted molar refractivity (Wildman–Crippen MR) is 72.5 cm³/mol. The minimum absolute atomic E-state index is 0.0285. The smallest absolute Gasteiger partial charge is 0.140 e. The highest BCUT2D eigenvalue weighted by Crippen LogP contribution is 2.25. The van der Waals surface area contributed by atoms with Gasteiger partial charge in [-0.2, -0.15) is 4.73 Å². The molecule has 0 aliphatic carbocycles. The molecule has 3 rings (SSSR count). The Morgan fingerprint density at radius 3 is 2.79 bits per heavy atom. The summed E-state index contributed by atoms with van der Waals surface area (Å²) < 4.78 is 1.55. The Balaban J connectivity index is 1.87. The van der Waals surface area contributed by atoms with Gasteiger partial charge in [0, 0.05) is 6.07 Å². The highest BCUT2D eigenvalue weighted by Gasteiger charge is 2.07. The number of nitrogens with zero attached hydrogens (tertiary/aromatic N) is 2. The molecule has 0 spiro atoms. The Morgan fingerprint density at radius 1 is 1.21 bits per heavy atom. The number of hydrogen-bond donors (Lipinski definition) is 2. The van der Waals surface area contributed by atoms with E-state index in [1.54, 1.807) is 17.1 Å². The number of hydrogen-bond acceptors (Lipinski definition) is 4. The Kier molecular flexibility index (Phi) is 2.72. The summed E-state index contributed by atoms with van der Waals surface area (Å²) in [5, 5.41) is 9.52. The van der Waals surface area contributed by atoms with E-state index in [-0.39, 0.29) is 5.75 Å². The first-order valence-corrected chi connectivity index (χ1v) is 5.87. The number of fused-ring (bicyclic) bond motifs is 1. The van der Waals surface area contributed by atoms with Crippen LogP contribution in [0.3, 0.4) is 0 Å². The van der Waals surface area contributed by atoms with Crippen LogP contribution in [0.5, 0.6) is 5.75 Å². The summed E-state index contributed by atoms with van der Waals surface area (Å²) in [6, 6.07) is 13.0. The molecule has 0 saturated carbocycles. The zero-order chi connectivity index (χ0) is 13.2. The molecule has 0 aliphatic rings. The van der Waals surface area contributed by atoms with E-state index < -0.39 is 0 Å². The quantitative estimate of drug-likeness (QED) is 0.554. The molecule has 19 heavy (non-hydrogen) atoms. The van der Waals surface area contributed by atoms with E-state index >= 15 is 0 Å². The molecule has 0 fully saturated rings. The molecule has 0 bridgehead atoms. The number of phenols is 1. The number of anilines is 1. The van der Waals surface area contributed by atoms with Crippen molar-refractivity contribution in [3.8, 4) is 5.75 Å². The van der Waals surface area contributed by atoms with Crippen molar-refractivity contribution in [3.05, 3.63) is 54.4 Å². The number of nitrogen functional groups attached to an aromatic ring is 1. The molecule has 3 aromatic rings. The lowest BCUT2D eigenvalue weighted by Crippen LogP contribution is -2.09. The molecule has 2 aromatic carbocycles. The van der Waals surface area contributed by atoms with Crippen LogP contribution in [0.25, 0.3) is 11.0 Å². The third-order valence-electron chi connectivity index (χ3n) is 2.88. The van der Waals surface area contributed by atoms with Crippen molar-refractivity contribution in [1.29, 1.82) is 0 Å². The van der Waals surface area contributed by atoms with Crippen LogP contribution >= 0.6 is 0 Å². The van der Waals surface area contributed by atoms with Gasteiger partial charge < -0.3 is 15.7 Å². The summed E-state index contributed by atoms with van der Waals surface area (Å²) in [6.07, 6.45) is 1.56. The second-order valence-electron chi connectivity index (χ2n) is 4.23. The second-order valence-corrected chi connectivity index (χ2v) is 4.23. The molecule has 3 N–H and O–H groups in total. The van der Waals surface area contributed by atoms with Crippen molar-refractivity contribution in [3.63, 3.8) is 0 Å². The lowest BCUT2D eigenvalue weighted by atomic mass is 10.2. The highest BCUT2D eigenvalue weighted by atomic mass is 16.7. The van der Waals surface area contributed by atoms with Gasteiger partial charge in [0.2, 0.25) is 0 Å². The third-order valence-corrected chi connectivity index (χ3v) is 2.88. The van der Waals surface area contributed by atoms with E-state index in [1.165, 1.54) is 6.07 Å². The molecule has 5 heteroatoms. The van der Waals surface area contributed by atoms with Gasteiger partial charge in [0.05, 0.1) is 11.2 Å². The average Bonchev–Trinajstić information content (AvgIpc) is 2.80. The van der Waals surface area contributed by atoms with Crippen molar-refractivity contribution in [2.24, 2.45) is 0 Å². The van der Waals surface area contributed by atoms with E-state index in [0.717, 1.165) is 11.1 Å². The number of imidazole rings is 1. The molecular weight excluding hydrogens is 242 g/mol. The Morgan fingerprint density at radius 2 is 2.00 bits per heavy atom. The molecule has 0 unspecified atom stereocenters. The van der Waals surface area contributed by atoms with Gasteiger partial charge in [-0.05, 0) is 11.6 Å². The van der Waals surface area contributed by atoms with Crippen LogP contribution in [0.1, 0.15) is 5.56 Å². The maximum Gasteiger partial charge on any atom is 0.140 e. The Hall–Kier alpha value is -2.69. The van der Waals surface area contributed by atoms with Crippen molar-refractivity contribution >= 4 is 16.7 Å². The zero-order valence-electron chi connectivity index (χ0n) is 10.2. The van der Waals surface area contributed by atoms with Gasteiger partial charge in [-0.25, -0.2) is 4.98 Å². The van der Waals surface area contributed by atoms with Crippen molar-refractivity contribution < 1.29 is 9.94 Å². The average molecular weight is 255 g/mol. The van der Waals surface area contributed by atoms with Crippen LogP contribution in [0, 0.1) is 0 Å². The van der Waals surface area contributed by atoms with Crippen LogP contribution in [-0.4, -0.2) is 14.8 Å². The summed E-state index contributed by atoms with van der Waals surface area (Å²) in [4.78, 5) is 9.81. The van der Waals surface area contributed by atoms with E-state index in [4.69, 9.17) is 10.6 Å². The minimum Gasteiger partial charge on any atom is -0.506 e. The van der Waals surface area contributed by atoms with E-state index in [9.17, 15) is 5.11 Å². The van der Waals surface area contributed by atoms with Crippen LogP contribution in [0.15, 0.2) is 48.8 Å². The number of aromatic hydroxyl groups is 1. The van der Waals surface area contributed by atoms with Crippen LogP contribution < -0.4 is 10.6 Å². The maximum atomic E-state index is 9.52. The normalized spacial score (nSPS) is 10.7. The molecule has 96 valence electrons. The second kappa shape index (κ2) is 4.53. The first-order chi connectivity index (χ1) is 9.24. The summed E-state index contributed by atoms with van der Waals surface area (Å²) in [5.74, 6) is 0.0285. The van der Waals surface area contributed by atoms with E-state index in [1.807, 2.05) is 30.3 Å². The number of nitrogens with two attached hydrogens (primary N) is 1. The van der Waals surface area contributed by atoms with Crippen LogP contribution in [0.4, 0.5) is 5.69 Å². The van der Waals surface area contributed by atoms with Gasteiger partial charge in [0.15, 0.2) is 0 Å². The van der Waals surface area contributed by atoms with Gasteiger partial charge >= 0.3 is 0 Å². The Bertz CT molecular complexity index is 707. The fourth-order valence-corrected chi connectivity index (χ4v) is 1.86. The van der Waals surface area contributed by atoms with Gasteiger partial charge in [0.25, 0.3) is 0 Å². The first-order valence-electron chi connectivity index (χ1n) is 5.87. The molecule has 1 aromatic heterocycles. The van der Waals surface area contributed by atoms with E-state index in [0.29, 0.717) is 17.8 Å². The standard InChI is InChI=1S/C14H13N3O2/c15-11-6-13-12(7-14(11)18)16-9-17(13)19-8-10-4-2-1-3-5-10/h1-7,9,18H,8,15H2. The highest BCUT2D eigenvalue weighted by molar-refractivity contribution is 5.82. The summed E-state index contributed by atoms with van der Waals surface area (Å²) in [5.41, 5.74) is 8.41. The topological polar surface area (TPSA) is 73.3 Å². The molecule has 0 radical (unpaired) electrons. The third kappa shape index (κ3) is 2.18. The monoisotopic (exact) mass is 255 g/mol.